The summed E-state index contributed by atoms with van der Waals surface area (Å²) in [6.45, 7) is 0. The van der Waals surface area contributed by atoms with Gasteiger partial charge in [0, 0.05) is 24.1 Å². The Morgan fingerprint density at radius 3 is 2.40 bits per heavy atom. The summed E-state index contributed by atoms with van der Waals surface area (Å²) >= 11 is 0. The van der Waals surface area contributed by atoms with Crippen molar-refractivity contribution in [3.63, 3.8) is 0 Å². The Bertz CT molecular complexity index is 495. The average molecular weight is 277 g/mol. The molecule has 110 valence electrons. The number of benzene rings is 1. The Kier molecular flexibility index (Phi) is 3.50. The fraction of sp³-hybridized carbons (Fsp3) is 0.625. The second-order valence-electron chi connectivity index (χ2n) is 5.78. The molecule has 1 fully saturated rings. The molecule has 1 spiro atoms. The van der Waals surface area contributed by atoms with Gasteiger partial charge in [0.1, 0.15) is 11.4 Å². The average Bonchev–Trinajstić information content (AvgIpc) is 2.92. The summed E-state index contributed by atoms with van der Waals surface area (Å²) in [7, 11) is 5.34. The lowest BCUT2D eigenvalue weighted by Crippen LogP contribution is -2.41. The topological polar surface area (TPSA) is 39.7 Å². The predicted octanol–water partition coefficient (Wildman–Crippen LogP) is 3.06. The molecule has 0 aromatic heterocycles. The van der Waals surface area contributed by atoms with Crippen molar-refractivity contribution in [1.29, 1.82) is 0 Å². The summed E-state index contributed by atoms with van der Waals surface area (Å²) in [6.07, 6.45) is 5.86. The third kappa shape index (κ3) is 2.12. The zero-order chi connectivity index (χ0) is 14.2. The molecule has 4 nitrogen and oxygen atoms in total. The maximum absolute atomic E-state index is 6.38. The lowest BCUT2D eigenvalue weighted by molar-refractivity contribution is 0.0375. The van der Waals surface area contributed by atoms with Crippen LogP contribution in [0.15, 0.2) is 12.1 Å². The minimum atomic E-state index is 0.0142. The first-order chi connectivity index (χ1) is 9.71. The van der Waals surface area contributed by atoms with E-state index >= 15 is 0 Å². The van der Waals surface area contributed by atoms with Crippen molar-refractivity contribution in [3.05, 3.63) is 17.7 Å². The third-order valence-corrected chi connectivity index (χ3v) is 4.66. The lowest BCUT2D eigenvalue weighted by atomic mass is 9.86. The van der Waals surface area contributed by atoms with E-state index in [1.54, 1.807) is 14.2 Å². The van der Waals surface area contributed by atoms with E-state index in [0.717, 1.165) is 36.5 Å². The van der Waals surface area contributed by atoms with Crippen LogP contribution >= 0.6 is 0 Å². The van der Waals surface area contributed by atoms with Gasteiger partial charge >= 0.3 is 0 Å². The van der Waals surface area contributed by atoms with E-state index in [0.29, 0.717) is 6.04 Å². The molecule has 3 rings (SSSR count). The second-order valence-corrected chi connectivity index (χ2v) is 5.78. The van der Waals surface area contributed by atoms with Crippen LogP contribution < -0.4 is 19.5 Å². The Morgan fingerprint density at radius 1 is 1.15 bits per heavy atom. The molecule has 1 saturated carbocycles. The number of hydrogen-bond donors (Lipinski definition) is 1. The molecular weight excluding hydrogens is 254 g/mol. The van der Waals surface area contributed by atoms with Gasteiger partial charge in [-0.25, -0.2) is 0 Å². The molecule has 1 N–H and O–H groups in total. The maximum Gasteiger partial charge on any atom is 0.164 e. The number of nitrogens with one attached hydrogen (secondary N) is 1. The Hall–Kier alpha value is -1.42. The second kappa shape index (κ2) is 5.17. The highest BCUT2D eigenvalue weighted by Crippen LogP contribution is 2.49. The fourth-order valence-corrected chi connectivity index (χ4v) is 3.58. The van der Waals surface area contributed by atoms with E-state index in [2.05, 4.69) is 5.32 Å². The van der Waals surface area contributed by atoms with Gasteiger partial charge in [-0.1, -0.05) is 0 Å². The van der Waals surface area contributed by atoms with Crippen LogP contribution in [0.4, 0.5) is 0 Å². The summed E-state index contributed by atoms with van der Waals surface area (Å²) in [5, 5.41) is 3.42. The molecule has 1 aromatic carbocycles. The van der Waals surface area contributed by atoms with Gasteiger partial charge in [-0.05, 0) is 38.8 Å². The third-order valence-electron chi connectivity index (χ3n) is 4.66. The van der Waals surface area contributed by atoms with E-state index in [9.17, 15) is 0 Å². The highest BCUT2D eigenvalue weighted by atomic mass is 16.5. The van der Waals surface area contributed by atoms with Gasteiger partial charge in [0.2, 0.25) is 0 Å². The number of ether oxygens (including phenoxy) is 3. The molecule has 1 aromatic rings. The van der Waals surface area contributed by atoms with Gasteiger partial charge in [0.25, 0.3) is 0 Å². The molecule has 1 aliphatic heterocycles. The van der Waals surface area contributed by atoms with Gasteiger partial charge in [-0.2, -0.15) is 0 Å². The number of methoxy groups -OCH3 is 2. The molecule has 1 heterocycles. The molecule has 0 amide bonds. The summed E-state index contributed by atoms with van der Waals surface area (Å²) in [6, 6.07) is 4.33. The molecule has 0 bridgehead atoms. The summed E-state index contributed by atoms with van der Waals surface area (Å²) in [4.78, 5) is 0. The van der Waals surface area contributed by atoms with Crippen LogP contribution in [0.3, 0.4) is 0 Å². The lowest BCUT2D eigenvalue weighted by Gasteiger charge is -2.40. The minimum Gasteiger partial charge on any atom is -0.493 e. The fourth-order valence-electron chi connectivity index (χ4n) is 3.58. The van der Waals surface area contributed by atoms with E-state index in [-0.39, 0.29) is 5.60 Å². The van der Waals surface area contributed by atoms with Gasteiger partial charge in [0.05, 0.1) is 14.2 Å². The first kappa shape index (κ1) is 13.6. The summed E-state index contributed by atoms with van der Waals surface area (Å²) in [5.74, 6) is 2.43. The molecule has 1 unspecified atom stereocenters. The van der Waals surface area contributed by atoms with Crippen LogP contribution in [0, 0.1) is 0 Å². The van der Waals surface area contributed by atoms with Crippen LogP contribution in [0.25, 0.3) is 0 Å². The summed E-state index contributed by atoms with van der Waals surface area (Å²) in [5.41, 5.74) is 1.18. The number of fused-ring (bicyclic) bond motifs is 1. The van der Waals surface area contributed by atoms with Crippen molar-refractivity contribution in [2.45, 2.75) is 43.7 Å². The van der Waals surface area contributed by atoms with Crippen LogP contribution in [0.5, 0.6) is 17.2 Å². The molecule has 1 atom stereocenters. The van der Waals surface area contributed by atoms with Gasteiger partial charge < -0.3 is 19.5 Å². The molecular formula is C16H23NO3. The van der Waals surface area contributed by atoms with Crippen molar-refractivity contribution < 1.29 is 14.2 Å². The molecule has 0 radical (unpaired) electrons. The smallest absolute Gasteiger partial charge is 0.164 e. The monoisotopic (exact) mass is 277 g/mol. The predicted molar refractivity (Wildman–Crippen MR) is 77.8 cm³/mol. The highest BCUT2D eigenvalue weighted by Gasteiger charge is 2.43. The molecule has 0 saturated heterocycles. The largest absolute Gasteiger partial charge is 0.493 e. The van der Waals surface area contributed by atoms with Crippen LogP contribution in [0.2, 0.25) is 0 Å². The summed E-state index contributed by atoms with van der Waals surface area (Å²) < 4.78 is 17.2. The van der Waals surface area contributed by atoms with Crippen LogP contribution in [-0.4, -0.2) is 26.9 Å². The first-order valence-electron chi connectivity index (χ1n) is 7.33. The van der Waals surface area contributed by atoms with E-state index in [4.69, 9.17) is 14.2 Å². The van der Waals surface area contributed by atoms with Crippen LogP contribution in [-0.2, 0) is 0 Å². The normalized spacial score (nSPS) is 23.2. The number of rotatable bonds is 3. The van der Waals surface area contributed by atoms with Gasteiger partial charge in [-0.15, -0.1) is 0 Å². The Morgan fingerprint density at radius 2 is 1.80 bits per heavy atom. The van der Waals surface area contributed by atoms with Crippen molar-refractivity contribution in [1.82, 2.24) is 5.32 Å². The molecule has 1 aliphatic carbocycles. The Labute approximate surface area is 120 Å². The molecule has 2 aliphatic rings. The van der Waals surface area contributed by atoms with Crippen molar-refractivity contribution in [3.8, 4) is 17.2 Å². The zero-order valence-corrected chi connectivity index (χ0v) is 12.5. The molecule has 4 heteroatoms. The van der Waals surface area contributed by atoms with Crippen LogP contribution in [0.1, 0.15) is 43.7 Å². The van der Waals surface area contributed by atoms with E-state index in [1.807, 2.05) is 19.2 Å². The minimum absolute atomic E-state index is 0.0142. The van der Waals surface area contributed by atoms with E-state index < -0.39 is 0 Å². The maximum atomic E-state index is 6.38. The van der Waals surface area contributed by atoms with Crippen molar-refractivity contribution in [2.75, 3.05) is 21.3 Å². The number of hydrogen-bond acceptors (Lipinski definition) is 4. The standard InChI is InChI=1S/C16H23NO3/c1-17-12-10-16(6-4-5-7-16)20-13-9-15(19-3)14(18-2)8-11(12)13/h8-9,12,17H,4-7,10H2,1-3H3. The molecule has 20 heavy (non-hydrogen) atoms. The van der Waals surface area contributed by atoms with E-state index in [1.165, 1.54) is 18.4 Å². The quantitative estimate of drug-likeness (QED) is 0.921. The zero-order valence-electron chi connectivity index (χ0n) is 12.5. The SMILES string of the molecule is CNC1CC2(CCCC2)Oc2cc(OC)c(OC)cc21. The highest BCUT2D eigenvalue weighted by molar-refractivity contribution is 5.53. The van der Waals surface area contributed by atoms with Gasteiger partial charge in [-0.3, -0.25) is 0 Å². The Balaban J connectivity index is 2.03. The van der Waals surface area contributed by atoms with Gasteiger partial charge in [0.15, 0.2) is 11.5 Å². The van der Waals surface area contributed by atoms with Crippen molar-refractivity contribution >= 4 is 0 Å². The first-order valence-corrected chi connectivity index (χ1v) is 7.33. The van der Waals surface area contributed by atoms with Crippen molar-refractivity contribution in [2.24, 2.45) is 0 Å².